The third kappa shape index (κ3) is 3.65. The van der Waals surface area contributed by atoms with Crippen LogP contribution in [0.15, 0.2) is 5.16 Å². The monoisotopic (exact) mass is 177 g/mol. The minimum absolute atomic E-state index is 0.671. The van der Waals surface area contributed by atoms with Crippen LogP contribution in [0.4, 0.5) is 4.39 Å². The van der Waals surface area contributed by atoms with Gasteiger partial charge in [0.25, 0.3) is 5.97 Å². The van der Waals surface area contributed by atoms with Crippen LogP contribution in [0.25, 0.3) is 0 Å². The maximum Gasteiger partial charge on any atom is 0.313 e. The third-order valence-electron chi connectivity index (χ3n) is 0.934. The molecule has 0 spiro atoms. The van der Waals surface area contributed by atoms with Crippen LogP contribution in [0.5, 0.6) is 0 Å². The fourth-order valence-electron chi connectivity index (χ4n) is 0.407. The van der Waals surface area contributed by atoms with Crippen molar-refractivity contribution in [1.29, 1.82) is 0 Å². The molecule has 0 unspecified atom stereocenters. The maximum absolute atomic E-state index is 12.4. The molecule has 0 heterocycles. The van der Waals surface area contributed by atoms with Gasteiger partial charge in [-0.25, -0.2) is 0 Å². The Labute approximate surface area is 68.1 Å². The van der Waals surface area contributed by atoms with E-state index in [2.05, 4.69) is 14.7 Å². The summed E-state index contributed by atoms with van der Waals surface area (Å²) in [4.78, 5) is 25.0. The number of Topliss-reactive ketones (excluding diaryl/α,β-unsaturated/α-hetero) is 1. The SMILES string of the molecule is CON=C(F)C(=O)CC(=O)OC. The summed E-state index contributed by atoms with van der Waals surface area (Å²) in [6, 6.07) is 0. The zero-order valence-corrected chi connectivity index (χ0v) is 6.67. The van der Waals surface area contributed by atoms with Crippen LogP contribution in [0.2, 0.25) is 0 Å². The summed E-state index contributed by atoms with van der Waals surface area (Å²) in [5.74, 6) is -3.23. The number of hydrogen-bond donors (Lipinski definition) is 0. The molecule has 0 radical (unpaired) electrons. The van der Waals surface area contributed by atoms with Gasteiger partial charge in [-0.1, -0.05) is 5.16 Å². The van der Waals surface area contributed by atoms with Gasteiger partial charge in [0, 0.05) is 0 Å². The fourth-order valence-corrected chi connectivity index (χ4v) is 0.407. The minimum atomic E-state index is -1.34. The zero-order valence-electron chi connectivity index (χ0n) is 6.67. The topological polar surface area (TPSA) is 65.0 Å². The van der Waals surface area contributed by atoms with Crippen LogP contribution >= 0.6 is 0 Å². The van der Waals surface area contributed by atoms with Gasteiger partial charge in [-0.05, 0) is 0 Å². The van der Waals surface area contributed by atoms with Gasteiger partial charge >= 0.3 is 5.97 Å². The number of ether oxygens (including phenoxy) is 1. The molecule has 0 saturated heterocycles. The third-order valence-corrected chi connectivity index (χ3v) is 0.934. The van der Waals surface area contributed by atoms with Crippen molar-refractivity contribution >= 4 is 17.7 Å². The second kappa shape index (κ2) is 5.22. The second-order valence-corrected chi connectivity index (χ2v) is 1.74. The van der Waals surface area contributed by atoms with Gasteiger partial charge < -0.3 is 9.57 Å². The Morgan fingerprint density at radius 2 is 2.00 bits per heavy atom. The lowest BCUT2D eigenvalue weighted by molar-refractivity contribution is -0.142. The molecule has 5 nitrogen and oxygen atoms in total. The minimum Gasteiger partial charge on any atom is -0.469 e. The van der Waals surface area contributed by atoms with Crippen molar-refractivity contribution in [2.75, 3.05) is 14.2 Å². The molecule has 0 rings (SSSR count). The van der Waals surface area contributed by atoms with Crippen molar-refractivity contribution in [3.05, 3.63) is 0 Å². The van der Waals surface area contributed by atoms with Gasteiger partial charge in [-0.2, -0.15) is 4.39 Å². The van der Waals surface area contributed by atoms with Crippen molar-refractivity contribution in [2.45, 2.75) is 6.42 Å². The van der Waals surface area contributed by atoms with E-state index in [4.69, 9.17) is 0 Å². The quantitative estimate of drug-likeness (QED) is 0.263. The summed E-state index contributed by atoms with van der Waals surface area (Å²) in [6.07, 6.45) is -0.671. The Balaban J connectivity index is 4.04. The molecule has 68 valence electrons. The molecule has 0 aliphatic heterocycles. The molecule has 0 N–H and O–H groups in total. The molecule has 0 bridgehead atoms. The Morgan fingerprint density at radius 3 is 2.42 bits per heavy atom. The van der Waals surface area contributed by atoms with E-state index in [1.165, 1.54) is 0 Å². The van der Waals surface area contributed by atoms with Gasteiger partial charge in [-0.3, -0.25) is 9.59 Å². The Morgan fingerprint density at radius 1 is 1.42 bits per heavy atom. The van der Waals surface area contributed by atoms with Crippen LogP contribution in [0.1, 0.15) is 6.42 Å². The molecule has 0 aliphatic carbocycles. The first-order valence-corrected chi connectivity index (χ1v) is 2.98. The van der Waals surface area contributed by atoms with Gasteiger partial charge in [0.2, 0.25) is 5.78 Å². The Hall–Kier alpha value is -1.46. The van der Waals surface area contributed by atoms with Gasteiger partial charge in [0.05, 0.1) is 7.11 Å². The lowest BCUT2D eigenvalue weighted by Crippen LogP contribution is -2.15. The number of carbonyl (C=O) groups is 2. The van der Waals surface area contributed by atoms with E-state index < -0.39 is 24.1 Å². The van der Waals surface area contributed by atoms with Crippen LogP contribution < -0.4 is 0 Å². The molecule has 0 amide bonds. The van der Waals surface area contributed by atoms with E-state index in [9.17, 15) is 14.0 Å². The van der Waals surface area contributed by atoms with Crippen molar-refractivity contribution < 1.29 is 23.6 Å². The van der Waals surface area contributed by atoms with Crippen molar-refractivity contribution in [3.8, 4) is 0 Å². The number of rotatable bonds is 4. The first kappa shape index (κ1) is 10.5. The van der Waals surface area contributed by atoms with Gasteiger partial charge in [-0.15, -0.1) is 0 Å². The highest BCUT2D eigenvalue weighted by atomic mass is 19.1. The molecular weight excluding hydrogens is 169 g/mol. The number of ketones is 1. The molecule has 0 saturated carbocycles. The van der Waals surface area contributed by atoms with Crippen LogP contribution in [0, 0.1) is 0 Å². The lowest BCUT2D eigenvalue weighted by atomic mass is 10.3. The molecular formula is C6H8FNO4. The van der Waals surface area contributed by atoms with Crippen molar-refractivity contribution in [3.63, 3.8) is 0 Å². The highest BCUT2D eigenvalue weighted by Crippen LogP contribution is 1.92. The van der Waals surface area contributed by atoms with E-state index >= 15 is 0 Å². The van der Waals surface area contributed by atoms with Crippen molar-refractivity contribution in [2.24, 2.45) is 5.16 Å². The lowest BCUT2D eigenvalue weighted by Gasteiger charge is -1.94. The summed E-state index contributed by atoms with van der Waals surface area (Å²) in [5.41, 5.74) is 0. The molecule has 0 aromatic rings. The largest absolute Gasteiger partial charge is 0.469 e. The van der Waals surface area contributed by atoms with E-state index in [0.29, 0.717) is 0 Å². The first-order chi connectivity index (χ1) is 5.61. The average molecular weight is 177 g/mol. The molecule has 0 aliphatic rings. The van der Waals surface area contributed by atoms with Gasteiger partial charge in [0.1, 0.15) is 13.5 Å². The van der Waals surface area contributed by atoms with E-state index in [-0.39, 0.29) is 0 Å². The van der Waals surface area contributed by atoms with Crippen LogP contribution in [-0.4, -0.2) is 31.9 Å². The first-order valence-electron chi connectivity index (χ1n) is 2.98. The predicted molar refractivity (Wildman–Crippen MR) is 37.2 cm³/mol. The normalized spacial score (nSPS) is 10.8. The number of halogens is 1. The second-order valence-electron chi connectivity index (χ2n) is 1.74. The van der Waals surface area contributed by atoms with Crippen molar-refractivity contribution in [1.82, 2.24) is 0 Å². The summed E-state index contributed by atoms with van der Waals surface area (Å²) < 4.78 is 16.5. The summed E-state index contributed by atoms with van der Waals surface area (Å²) in [7, 11) is 2.19. The van der Waals surface area contributed by atoms with Crippen LogP contribution in [0.3, 0.4) is 0 Å². The van der Waals surface area contributed by atoms with Crippen LogP contribution in [-0.2, 0) is 19.2 Å². The zero-order chi connectivity index (χ0) is 9.56. The number of carbonyl (C=O) groups excluding carboxylic acids is 2. The summed E-state index contributed by atoms with van der Waals surface area (Å²) in [6.45, 7) is 0. The Kier molecular flexibility index (Phi) is 4.59. The van der Waals surface area contributed by atoms with Gasteiger partial charge in [0.15, 0.2) is 0 Å². The average Bonchev–Trinajstić information content (AvgIpc) is 2.04. The van der Waals surface area contributed by atoms with E-state index in [1.54, 1.807) is 0 Å². The molecule has 12 heavy (non-hydrogen) atoms. The predicted octanol–water partition coefficient (Wildman–Crippen LogP) is 0.0480. The number of hydrogen-bond acceptors (Lipinski definition) is 5. The van der Waals surface area contributed by atoms with E-state index in [0.717, 1.165) is 14.2 Å². The summed E-state index contributed by atoms with van der Waals surface area (Å²) >= 11 is 0. The molecule has 0 aromatic heterocycles. The number of nitrogens with zero attached hydrogens (tertiary/aromatic N) is 1. The van der Waals surface area contributed by atoms with E-state index in [1.807, 2.05) is 0 Å². The number of methoxy groups -OCH3 is 1. The highest BCUT2D eigenvalue weighted by molar-refractivity contribution is 6.38. The molecule has 6 heteroatoms. The molecule has 0 fully saturated rings. The molecule has 0 atom stereocenters. The highest BCUT2D eigenvalue weighted by Gasteiger charge is 2.16. The molecule has 0 aromatic carbocycles. The smallest absolute Gasteiger partial charge is 0.313 e. The fraction of sp³-hybridized carbons (Fsp3) is 0.500. The number of oxime groups is 1. The Bertz CT molecular complexity index is 214. The summed E-state index contributed by atoms with van der Waals surface area (Å²) in [5, 5.41) is 2.70. The number of esters is 1. The maximum atomic E-state index is 12.4. The standard InChI is InChI=1S/C6H8FNO4/c1-11-5(10)3-4(9)6(7)8-12-2/h3H2,1-2H3.